The highest BCUT2D eigenvalue weighted by molar-refractivity contribution is 5.86. The number of rotatable bonds is 5. The number of aromatic nitrogens is 2. The van der Waals surface area contributed by atoms with Crippen LogP contribution in [-0.4, -0.2) is 28.9 Å². The fraction of sp³-hybridized carbons (Fsp3) is 0.316. The minimum atomic E-state index is 0.293. The van der Waals surface area contributed by atoms with Crippen molar-refractivity contribution >= 4 is 28.9 Å². The highest BCUT2D eigenvalue weighted by Gasteiger charge is 2.15. The Morgan fingerprint density at radius 1 is 1.35 bits per heavy atom. The van der Waals surface area contributed by atoms with Gasteiger partial charge in [-0.2, -0.15) is 0 Å². The van der Waals surface area contributed by atoms with E-state index in [1.807, 2.05) is 36.8 Å². The maximum atomic E-state index is 6.08. The molecule has 2 aromatic heterocycles. The Hall–Kier alpha value is -3.09. The van der Waals surface area contributed by atoms with Gasteiger partial charge in [0.05, 0.1) is 35.3 Å². The smallest absolute Gasteiger partial charge is 0.132 e. The molecule has 0 radical (unpaired) electrons. The van der Waals surface area contributed by atoms with Crippen molar-refractivity contribution in [1.29, 1.82) is 0 Å². The molecule has 0 aromatic carbocycles. The zero-order valence-electron chi connectivity index (χ0n) is 15.3. The molecule has 1 aliphatic heterocycles. The number of hydrogen-bond donors (Lipinski definition) is 3. The lowest BCUT2D eigenvalue weighted by atomic mass is 10.0. The van der Waals surface area contributed by atoms with Crippen LogP contribution >= 0.6 is 0 Å². The van der Waals surface area contributed by atoms with Gasteiger partial charge in [0.15, 0.2) is 0 Å². The maximum Gasteiger partial charge on any atom is 0.132 e. The van der Waals surface area contributed by atoms with Gasteiger partial charge in [0.1, 0.15) is 11.6 Å². The fourth-order valence-corrected chi connectivity index (χ4v) is 2.74. The van der Waals surface area contributed by atoms with Gasteiger partial charge in [-0.15, -0.1) is 0 Å². The van der Waals surface area contributed by atoms with Crippen molar-refractivity contribution in [1.82, 2.24) is 9.97 Å². The van der Waals surface area contributed by atoms with E-state index in [1.54, 1.807) is 6.20 Å². The van der Waals surface area contributed by atoms with E-state index in [4.69, 9.17) is 11.5 Å². The second-order valence-corrected chi connectivity index (χ2v) is 6.74. The van der Waals surface area contributed by atoms with Gasteiger partial charge >= 0.3 is 0 Å². The summed E-state index contributed by atoms with van der Waals surface area (Å²) in [4.78, 5) is 15.6. The van der Waals surface area contributed by atoms with E-state index in [0.717, 1.165) is 28.8 Å². The molecule has 0 bridgehead atoms. The number of allylic oxidation sites excluding steroid dienone is 2. The van der Waals surface area contributed by atoms with E-state index in [1.165, 1.54) is 0 Å². The SMILES string of the molecule is CC1CN(c2cnc3ccc(N/C(N)=C/C(=C\N)C(C)C)nc3c2)C=N1. The number of hydrogen-bond acceptors (Lipinski definition) is 7. The van der Waals surface area contributed by atoms with E-state index in [2.05, 4.69) is 45.9 Å². The van der Waals surface area contributed by atoms with Gasteiger partial charge in [-0.25, -0.2) is 4.98 Å². The molecule has 7 nitrogen and oxygen atoms in total. The molecule has 0 fully saturated rings. The maximum absolute atomic E-state index is 6.08. The number of nitrogens with two attached hydrogens (primary N) is 2. The minimum Gasteiger partial charge on any atom is -0.404 e. The Bertz CT molecular complexity index is 883. The van der Waals surface area contributed by atoms with Gasteiger partial charge in [-0.1, -0.05) is 13.8 Å². The topological polar surface area (TPSA) is 105 Å². The first-order chi connectivity index (χ1) is 12.5. The molecule has 0 aliphatic carbocycles. The third-order valence-electron chi connectivity index (χ3n) is 4.23. The van der Waals surface area contributed by atoms with Crippen molar-refractivity contribution in [2.45, 2.75) is 26.8 Å². The number of aliphatic imine (C=N–C) groups is 1. The summed E-state index contributed by atoms with van der Waals surface area (Å²) >= 11 is 0. The van der Waals surface area contributed by atoms with E-state index >= 15 is 0 Å². The van der Waals surface area contributed by atoms with Crippen LogP contribution in [0.15, 0.2) is 53.1 Å². The van der Waals surface area contributed by atoms with Crippen LogP contribution < -0.4 is 21.7 Å². The third kappa shape index (κ3) is 3.93. The van der Waals surface area contributed by atoms with Gasteiger partial charge < -0.3 is 21.7 Å². The first kappa shape index (κ1) is 17.7. The lowest BCUT2D eigenvalue weighted by molar-refractivity contribution is 0.786. The van der Waals surface area contributed by atoms with Crippen molar-refractivity contribution in [2.75, 3.05) is 16.8 Å². The monoisotopic (exact) mass is 351 g/mol. The molecule has 0 amide bonds. The molecule has 1 aliphatic rings. The van der Waals surface area contributed by atoms with Crippen molar-refractivity contribution in [3.63, 3.8) is 0 Å². The van der Waals surface area contributed by atoms with Gasteiger partial charge in [-0.3, -0.25) is 9.98 Å². The Morgan fingerprint density at radius 3 is 2.81 bits per heavy atom. The van der Waals surface area contributed by atoms with Crippen LogP contribution in [0.5, 0.6) is 0 Å². The summed E-state index contributed by atoms with van der Waals surface area (Å²) in [6.07, 6.45) is 7.09. The first-order valence-electron chi connectivity index (χ1n) is 8.69. The Kier molecular flexibility index (Phi) is 5.06. The average Bonchev–Trinajstić information content (AvgIpc) is 3.05. The quantitative estimate of drug-likeness (QED) is 0.715. The van der Waals surface area contributed by atoms with Gasteiger partial charge in [0.25, 0.3) is 0 Å². The molecule has 1 unspecified atom stereocenters. The molecule has 1 atom stereocenters. The highest BCUT2D eigenvalue weighted by atomic mass is 15.2. The zero-order chi connectivity index (χ0) is 18.7. The number of pyridine rings is 2. The molecular weight excluding hydrogens is 326 g/mol. The molecule has 0 saturated carbocycles. The van der Waals surface area contributed by atoms with Crippen molar-refractivity contribution in [3.8, 4) is 0 Å². The zero-order valence-corrected chi connectivity index (χ0v) is 15.3. The Balaban J connectivity index is 1.84. The minimum absolute atomic E-state index is 0.293. The summed E-state index contributed by atoms with van der Waals surface area (Å²) in [5.74, 6) is 1.45. The van der Waals surface area contributed by atoms with Crippen LogP contribution in [-0.2, 0) is 0 Å². The van der Waals surface area contributed by atoms with E-state index in [9.17, 15) is 0 Å². The van der Waals surface area contributed by atoms with Crippen molar-refractivity contribution in [3.05, 3.63) is 48.1 Å². The molecule has 0 spiro atoms. The standard InChI is InChI=1S/C19H25N7/c1-12(2)14(8-20)6-18(21)25-19-5-4-16-17(24-19)7-15(9-22-16)26-10-13(3)23-11-26/h4-9,11-13H,10,20-21H2,1-3H3,(H,24,25)/b14-8+,18-6+. The van der Waals surface area contributed by atoms with E-state index in [-0.39, 0.29) is 0 Å². The summed E-state index contributed by atoms with van der Waals surface area (Å²) in [6.45, 7) is 7.06. The van der Waals surface area contributed by atoms with Crippen LogP contribution in [0, 0.1) is 5.92 Å². The Morgan fingerprint density at radius 2 is 2.15 bits per heavy atom. The van der Waals surface area contributed by atoms with E-state index < -0.39 is 0 Å². The lowest BCUT2D eigenvalue weighted by Gasteiger charge is -2.15. The lowest BCUT2D eigenvalue weighted by Crippen LogP contribution is -2.21. The van der Waals surface area contributed by atoms with Gasteiger partial charge in [-0.05, 0) is 48.9 Å². The van der Waals surface area contributed by atoms with Crippen LogP contribution in [0.1, 0.15) is 20.8 Å². The summed E-state index contributed by atoms with van der Waals surface area (Å²) in [7, 11) is 0. The van der Waals surface area contributed by atoms with Crippen LogP contribution in [0.3, 0.4) is 0 Å². The number of nitrogens with one attached hydrogen (secondary N) is 1. The molecule has 26 heavy (non-hydrogen) atoms. The average molecular weight is 351 g/mol. The fourth-order valence-electron chi connectivity index (χ4n) is 2.74. The van der Waals surface area contributed by atoms with Crippen molar-refractivity contribution in [2.24, 2.45) is 22.4 Å². The summed E-state index contributed by atoms with van der Waals surface area (Å²) in [6, 6.07) is 6.08. The van der Waals surface area contributed by atoms with Gasteiger partial charge in [0, 0.05) is 6.54 Å². The second-order valence-electron chi connectivity index (χ2n) is 6.74. The predicted molar refractivity (Wildman–Crippen MR) is 108 cm³/mol. The summed E-state index contributed by atoms with van der Waals surface area (Å²) in [5.41, 5.74) is 15.3. The molecule has 5 N–H and O–H groups in total. The molecule has 2 aromatic rings. The number of nitrogens with zero attached hydrogens (tertiary/aromatic N) is 4. The first-order valence-corrected chi connectivity index (χ1v) is 8.69. The third-order valence-corrected chi connectivity index (χ3v) is 4.23. The molecule has 7 heteroatoms. The van der Waals surface area contributed by atoms with Crippen molar-refractivity contribution < 1.29 is 0 Å². The van der Waals surface area contributed by atoms with Crippen LogP contribution in [0.2, 0.25) is 0 Å². The molecule has 0 saturated heterocycles. The van der Waals surface area contributed by atoms with E-state index in [0.29, 0.717) is 23.6 Å². The summed E-state index contributed by atoms with van der Waals surface area (Å²) < 4.78 is 0. The largest absolute Gasteiger partial charge is 0.404 e. The number of anilines is 2. The highest BCUT2D eigenvalue weighted by Crippen LogP contribution is 2.22. The molecule has 3 heterocycles. The van der Waals surface area contributed by atoms with Crippen LogP contribution in [0.25, 0.3) is 11.0 Å². The normalized spacial score (nSPS) is 18.2. The summed E-state index contributed by atoms with van der Waals surface area (Å²) in [5, 5.41) is 3.11. The van der Waals surface area contributed by atoms with Gasteiger partial charge in [0.2, 0.25) is 0 Å². The second kappa shape index (κ2) is 7.43. The molecule has 3 rings (SSSR count). The predicted octanol–water partition coefficient (Wildman–Crippen LogP) is 2.58. The number of fused-ring (bicyclic) bond motifs is 1. The van der Waals surface area contributed by atoms with Crippen LogP contribution in [0.4, 0.5) is 11.5 Å². The molecule has 136 valence electrons. The Labute approximate surface area is 153 Å². The molecular formula is C19H25N7.